The lowest BCUT2D eigenvalue weighted by molar-refractivity contribution is 0.586. The predicted octanol–water partition coefficient (Wildman–Crippen LogP) is 4.10. The molecule has 1 aromatic heterocycles. The van der Waals surface area contributed by atoms with Crippen LogP contribution in [0.4, 0.5) is 8.78 Å². The fourth-order valence-electron chi connectivity index (χ4n) is 2.05. The van der Waals surface area contributed by atoms with Crippen LogP contribution >= 0.6 is 11.3 Å². The maximum absolute atomic E-state index is 13.7. The van der Waals surface area contributed by atoms with Crippen LogP contribution in [0.5, 0.6) is 0 Å². The van der Waals surface area contributed by atoms with E-state index in [9.17, 15) is 8.78 Å². The number of rotatable bonds is 3. The zero-order valence-corrected chi connectivity index (χ0v) is 10.5. The van der Waals surface area contributed by atoms with Crippen molar-refractivity contribution in [2.24, 2.45) is 11.7 Å². The summed E-state index contributed by atoms with van der Waals surface area (Å²) in [5, 5.41) is 0. The maximum atomic E-state index is 13.7. The summed E-state index contributed by atoms with van der Waals surface area (Å²) in [6.07, 6.45) is 2.36. The van der Waals surface area contributed by atoms with Crippen LogP contribution in [0.1, 0.15) is 23.8 Å². The standard InChI is InChI=1S/C14H13F2NS/c15-9-3-4-10(11(16)7-9)12-5-6-13(18-12)14(17)8-1-2-8/h3-8,14H,1-2,17H2. The molecule has 0 radical (unpaired) electrons. The van der Waals surface area contributed by atoms with Crippen LogP contribution in [0.15, 0.2) is 30.3 Å². The number of halogens is 2. The van der Waals surface area contributed by atoms with E-state index in [0.717, 1.165) is 15.8 Å². The second-order valence-corrected chi connectivity index (χ2v) is 5.80. The molecule has 3 rings (SSSR count). The quantitative estimate of drug-likeness (QED) is 0.888. The van der Waals surface area contributed by atoms with Crippen LogP contribution < -0.4 is 5.73 Å². The minimum Gasteiger partial charge on any atom is -0.323 e. The number of hydrogen-bond acceptors (Lipinski definition) is 2. The molecule has 1 saturated carbocycles. The van der Waals surface area contributed by atoms with Crippen molar-refractivity contribution in [3.8, 4) is 10.4 Å². The van der Waals surface area contributed by atoms with Crippen molar-refractivity contribution in [2.75, 3.05) is 0 Å². The van der Waals surface area contributed by atoms with Crippen LogP contribution in [0.25, 0.3) is 10.4 Å². The Balaban J connectivity index is 1.92. The second kappa shape index (κ2) is 4.44. The van der Waals surface area contributed by atoms with Crippen molar-refractivity contribution in [1.29, 1.82) is 0 Å². The van der Waals surface area contributed by atoms with Crippen molar-refractivity contribution in [3.05, 3.63) is 46.8 Å². The molecule has 1 aliphatic carbocycles. The highest BCUT2D eigenvalue weighted by molar-refractivity contribution is 7.15. The topological polar surface area (TPSA) is 26.0 Å². The van der Waals surface area contributed by atoms with E-state index >= 15 is 0 Å². The molecular formula is C14H13F2NS. The van der Waals surface area contributed by atoms with E-state index in [2.05, 4.69) is 0 Å². The number of thiophene rings is 1. The van der Waals surface area contributed by atoms with Gasteiger partial charge in [-0.3, -0.25) is 0 Å². The van der Waals surface area contributed by atoms with Crippen LogP contribution in [0.2, 0.25) is 0 Å². The predicted molar refractivity (Wildman–Crippen MR) is 69.3 cm³/mol. The zero-order chi connectivity index (χ0) is 12.7. The zero-order valence-electron chi connectivity index (χ0n) is 9.70. The lowest BCUT2D eigenvalue weighted by atomic mass is 10.1. The summed E-state index contributed by atoms with van der Waals surface area (Å²) in [5.74, 6) is -0.499. The lowest BCUT2D eigenvalue weighted by Gasteiger charge is -2.06. The molecule has 0 spiro atoms. The van der Waals surface area contributed by atoms with Crippen LogP contribution in [-0.4, -0.2) is 0 Å². The van der Waals surface area contributed by atoms with E-state index < -0.39 is 11.6 Å². The minimum absolute atomic E-state index is 0.0623. The Labute approximate surface area is 108 Å². The largest absolute Gasteiger partial charge is 0.323 e. The summed E-state index contributed by atoms with van der Waals surface area (Å²) in [5.41, 5.74) is 6.55. The van der Waals surface area contributed by atoms with Gasteiger partial charge in [0.2, 0.25) is 0 Å². The Bertz CT molecular complexity index is 575. The third-order valence-corrected chi connectivity index (χ3v) is 4.50. The van der Waals surface area contributed by atoms with E-state index in [4.69, 9.17) is 5.73 Å². The smallest absolute Gasteiger partial charge is 0.134 e. The molecule has 1 atom stereocenters. The first-order chi connectivity index (χ1) is 8.65. The normalized spacial score (nSPS) is 16.8. The van der Waals surface area contributed by atoms with E-state index in [1.54, 1.807) is 0 Å². The van der Waals surface area contributed by atoms with Crippen molar-refractivity contribution >= 4 is 11.3 Å². The molecule has 2 aromatic rings. The van der Waals surface area contributed by atoms with Gasteiger partial charge in [-0.25, -0.2) is 8.78 Å². The molecule has 0 aliphatic heterocycles. The molecule has 1 aromatic carbocycles. The van der Waals surface area contributed by atoms with Gasteiger partial charge >= 0.3 is 0 Å². The maximum Gasteiger partial charge on any atom is 0.134 e. The molecule has 94 valence electrons. The fourth-order valence-corrected chi connectivity index (χ4v) is 3.18. The summed E-state index contributed by atoms with van der Waals surface area (Å²) in [4.78, 5) is 1.88. The first-order valence-electron chi connectivity index (χ1n) is 5.96. The van der Waals surface area contributed by atoms with Crippen molar-refractivity contribution < 1.29 is 8.78 Å². The summed E-state index contributed by atoms with van der Waals surface area (Å²) in [6, 6.07) is 7.54. The Morgan fingerprint density at radius 3 is 2.61 bits per heavy atom. The average molecular weight is 265 g/mol. The van der Waals surface area contributed by atoms with Gasteiger partial charge in [0.1, 0.15) is 11.6 Å². The third kappa shape index (κ3) is 2.18. The molecule has 1 heterocycles. The highest BCUT2D eigenvalue weighted by Gasteiger charge is 2.30. The third-order valence-electron chi connectivity index (χ3n) is 3.28. The van der Waals surface area contributed by atoms with Gasteiger partial charge in [0.25, 0.3) is 0 Å². The van der Waals surface area contributed by atoms with Gasteiger partial charge in [0, 0.05) is 27.4 Å². The molecule has 0 bridgehead atoms. The van der Waals surface area contributed by atoms with Crippen LogP contribution in [0, 0.1) is 17.6 Å². The molecule has 18 heavy (non-hydrogen) atoms. The molecule has 4 heteroatoms. The van der Waals surface area contributed by atoms with E-state index in [1.807, 2.05) is 12.1 Å². The van der Waals surface area contributed by atoms with Crippen LogP contribution in [-0.2, 0) is 0 Å². The SMILES string of the molecule is NC(c1ccc(-c2ccc(F)cc2F)s1)C1CC1. The Hall–Kier alpha value is -1.26. The Morgan fingerprint density at radius 2 is 1.94 bits per heavy atom. The first-order valence-corrected chi connectivity index (χ1v) is 6.77. The monoisotopic (exact) mass is 265 g/mol. The van der Waals surface area contributed by atoms with Gasteiger partial charge < -0.3 is 5.73 Å². The second-order valence-electron chi connectivity index (χ2n) is 4.69. The van der Waals surface area contributed by atoms with Gasteiger partial charge in [-0.1, -0.05) is 0 Å². The highest BCUT2D eigenvalue weighted by Crippen LogP contribution is 2.43. The highest BCUT2D eigenvalue weighted by atomic mass is 32.1. The first kappa shape index (κ1) is 11.8. The van der Waals surface area contributed by atoms with Crippen molar-refractivity contribution in [1.82, 2.24) is 0 Å². The summed E-state index contributed by atoms with van der Waals surface area (Å²) < 4.78 is 26.5. The summed E-state index contributed by atoms with van der Waals surface area (Å²) >= 11 is 1.49. The van der Waals surface area contributed by atoms with Gasteiger partial charge in [-0.2, -0.15) is 0 Å². The van der Waals surface area contributed by atoms with E-state index in [1.165, 1.54) is 36.3 Å². The van der Waals surface area contributed by atoms with Gasteiger partial charge in [-0.15, -0.1) is 11.3 Å². The Kier molecular flexibility index (Phi) is 2.92. The summed E-state index contributed by atoms with van der Waals surface area (Å²) in [7, 11) is 0. The van der Waals surface area contributed by atoms with Gasteiger partial charge in [0.05, 0.1) is 0 Å². The van der Waals surface area contributed by atoms with Crippen LogP contribution in [0.3, 0.4) is 0 Å². The number of benzene rings is 1. The minimum atomic E-state index is -0.553. The Morgan fingerprint density at radius 1 is 1.17 bits per heavy atom. The molecule has 0 saturated heterocycles. The van der Waals surface area contributed by atoms with Crippen molar-refractivity contribution in [3.63, 3.8) is 0 Å². The summed E-state index contributed by atoms with van der Waals surface area (Å²) in [6.45, 7) is 0. The van der Waals surface area contributed by atoms with Gasteiger partial charge in [-0.05, 0) is 43.0 Å². The van der Waals surface area contributed by atoms with E-state index in [-0.39, 0.29) is 6.04 Å². The molecule has 0 amide bonds. The van der Waals surface area contributed by atoms with E-state index in [0.29, 0.717) is 11.5 Å². The molecule has 2 N–H and O–H groups in total. The molecule has 1 nitrogen and oxygen atoms in total. The van der Waals surface area contributed by atoms with Crippen molar-refractivity contribution in [2.45, 2.75) is 18.9 Å². The molecule has 1 aliphatic rings. The molecule has 1 unspecified atom stereocenters. The fraction of sp³-hybridized carbons (Fsp3) is 0.286. The lowest BCUT2D eigenvalue weighted by Crippen LogP contribution is -2.10. The number of nitrogens with two attached hydrogens (primary N) is 1. The molecule has 1 fully saturated rings. The molecular weight excluding hydrogens is 252 g/mol. The van der Waals surface area contributed by atoms with Gasteiger partial charge in [0.15, 0.2) is 0 Å². The number of hydrogen-bond donors (Lipinski definition) is 1. The average Bonchev–Trinajstić information content (AvgIpc) is 3.07.